The predicted molar refractivity (Wildman–Crippen MR) is 51.0 cm³/mol. The van der Waals surface area contributed by atoms with Crippen molar-refractivity contribution in [3.8, 4) is 0 Å². The summed E-state index contributed by atoms with van der Waals surface area (Å²) >= 11 is 4.52. The number of nitrogens with two attached hydrogens (primary N) is 1. The molecule has 0 fully saturated rings. The van der Waals surface area contributed by atoms with Crippen LogP contribution in [0.1, 0.15) is 13.3 Å². The molecule has 0 aromatic carbocycles. The molecule has 0 spiro atoms. The minimum absolute atomic E-state index is 0.0589. The van der Waals surface area contributed by atoms with Crippen LogP contribution in [-0.4, -0.2) is 30.0 Å². The lowest BCUT2D eigenvalue weighted by Gasteiger charge is -2.10. The number of ether oxygens (including phenoxy) is 1. The Morgan fingerprint density at radius 2 is 2.15 bits per heavy atom. The van der Waals surface area contributed by atoms with E-state index in [0.717, 1.165) is 0 Å². The summed E-state index contributed by atoms with van der Waals surface area (Å²) in [5.74, 6) is -0.887. The van der Waals surface area contributed by atoms with Gasteiger partial charge in [-0.2, -0.15) is 0 Å². The second-order valence-corrected chi connectivity index (χ2v) is 2.98. The molecule has 13 heavy (non-hydrogen) atoms. The van der Waals surface area contributed by atoms with Crippen LogP contribution in [0.15, 0.2) is 0 Å². The number of nitrogens with one attached hydrogen (secondary N) is 1. The van der Waals surface area contributed by atoms with Gasteiger partial charge in [0.05, 0.1) is 18.5 Å². The Morgan fingerprint density at radius 3 is 2.54 bits per heavy atom. The summed E-state index contributed by atoms with van der Waals surface area (Å²) in [7, 11) is 1.25. The standard InChI is InChI=1S/C7H12N2O3S/c1-4(7(11)12-2)9-6(10)3-5(8)13/h4H,3H2,1-2H3,(H2,8,13)(H,9,10). The molecule has 0 aromatic heterocycles. The predicted octanol–water partition coefficient (Wildman–Crippen LogP) is -0.660. The number of rotatable bonds is 4. The van der Waals surface area contributed by atoms with E-state index >= 15 is 0 Å². The molecular weight excluding hydrogens is 192 g/mol. The average molecular weight is 204 g/mol. The maximum atomic E-state index is 11.0. The number of hydrogen-bond donors (Lipinski definition) is 2. The van der Waals surface area contributed by atoms with Crippen LogP contribution >= 0.6 is 12.2 Å². The normalized spacial score (nSPS) is 11.5. The van der Waals surface area contributed by atoms with Crippen LogP contribution in [-0.2, 0) is 14.3 Å². The van der Waals surface area contributed by atoms with Crippen LogP contribution in [0.2, 0.25) is 0 Å². The minimum Gasteiger partial charge on any atom is -0.467 e. The molecule has 0 saturated heterocycles. The second kappa shape index (κ2) is 5.47. The Hall–Kier alpha value is -1.17. The Balaban J connectivity index is 3.91. The Kier molecular flexibility index (Phi) is 4.98. The van der Waals surface area contributed by atoms with E-state index in [-0.39, 0.29) is 17.3 Å². The molecule has 0 heterocycles. The van der Waals surface area contributed by atoms with Crippen molar-refractivity contribution < 1.29 is 14.3 Å². The quantitative estimate of drug-likeness (QED) is 0.469. The summed E-state index contributed by atoms with van der Waals surface area (Å²) in [4.78, 5) is 21.9. The summed E-state index contributed by atoms with van der Waals surface area (Å²) in [5, 5.41) is 2.38. The minimum atomic E-state index is -0.674. The first-order valence-corrected chi connectivity index (χ1v) is 4.03. The van der Waals surface area contributed by atoms with Gasteiger partial charge in [-0.25, -0.2) is 4.79 Å². The van der Waals surface area contributed by atoms with Gasteiger partial charge < -0.3 is 15.8 Å². The molecule has 1 atom stereocenters. The first-order chi connectivity index (χ1) is 5.97. The molecule has 0 bridgehead atoms. The van der Waals surface area contributed by atoms with E-state index in [1.54, 1.807) is 0 Å². The number of amides is 1. The molecule has 0 rings (SSSR count). The topological polar surface area (TPSA) is 81.4 Å². The summed E-state index contributed by atoms with van der Waals surface area (Å²) in [6.07, 6.45) is -0.0589. The third-order valence-electron chi connectivity index (χ3n) is 1.27. The maximum absolute atomic E-state index is 11.0. The van der Waals surface area contributed by atoms with Gasteiger partial charge in [-0.3, -0.25) is 4.79 Å². The monoisotopic (exact) mass is 204 g/mol. The number of methoxy groups -OCH3 is 1. The lowest BCUT2D eigenvalue weighted by molar-refractivity contribution is -0.144. The molecule has 0 saturated carbocycles. The van der Waals surface area contributed by atoms with Crippen LogP contribution in [0.5, 0.6) is 0 Å². The van der Waals surface area contributed by atoms with Crippen molar-refractivity contribution in [2.75, 3.05) is 7.11 Å². The van der Waals surface area contributed by atoms with E-state index in [2.05, 4.69) is 22.3 Å². The molecular formula is C7H12N2O3S. The number of thiocarbonyl (C=S) groups is 1. The third kappa shape index (κ3) is 5.13. The second-order valence-electron chi connectivity index (χ2n) is 2.46. The van der Waals surface area contributed by atoms with Crippen molar-refractivity contribution >= 4 is 29.1 Å². The fourth-order valence-corrected chi connectivity index (χ4v) is 0.818. The van der Waals surface area contributed by atoms with Crippen LogP contribution in [0.3, 0.4) is 0 Å². The van der Waals surface area contributed by atoms with E-state index < -0.39 is 12.0 Å². The van der Waals surface area contributed by atoms with E-state index in [9.17, 15) is 9.59 Å². The van der Waals surface area contributed by atoms with Crippen molar-refractivity contribution in [2.45, 2.75) is 19.4 Å². The van der Waals surface area contributed by atoms with Crippen molar-refractivity contribution in [1.82, 2.24) is 5.32 Å². The molecule has 0 aliphatic rings. The first-order valence-electron chi connectivity index (χ1n) is 3.63. The lowest BCUT2D eigenvalue weighted by Crippen LogP contribution is -2.40. The smallest absolute Gasteiger partial charge is 0.328 e. The number of hydrogen-bond acceptors (Lipinski definition) is 4. The zero-order valence-corrected chi connectivity index (χ0v) is 8.31. The highest BCUT2D eigenvalue weighted by molar-refractivity contribution is 7.80. The van der Waals surface area contributed by atoms with Crippen molar-refractivity contribution in [3.63, 3.8) is 0 Å². The first kappa shape index (κ1) is 11.8. The largest absolute Gasteiger partial charge is 0.467 e. The number of carbonyl (C=O) groups excluding carboxylic acids is 2. The highest BCUT2D eigenvalue weighted by Crippen LogP contribution is 1.88. The summed E-state index contributed by atoms with van der Waals surface area (Å²) in [6, 6.07) is -0.674. The Labute approximate surface area is 81.6 Å². The maximum Gasteiger partial charge on any atom is 0.328 e. The number of esters is 1. The summed E-state index contributed by atoms with van der Waals surface area (Å²) < 4.78 is 4.40. The van der Waals surface area contributed by atoms with Crippen LogP contribution in [0, 0.1) is 0 Å². The molecule has 74 valence electrons. The zero-order valence-electron chi connectivity index (χ0n) is 7.49. The van der Waals surface area contributed by atoms with E-state index in [0.29, 0.717) is 0 Å². The molecule has 1 unspecified atom stereocenters. The van der Waals surface area contributed by atoms with Gasteiger partial charge in [0, 0.05) is 0 Å². The van der Waals surface area contributed by atoms with Gasteiger partial charge in [0.15, 0.2) is 0 Å². The molecule has 5 nitrogen and oxygen atoms in total. The summed E-state index contributed by atoms with van der Waals surface area (Å²) in [5.41, 5.74) is 5.13. The zero-order chi connectivity index (χ0) is 10.4. The van der Waals surface area contributed by atoms with Crippen molar-refractivity contribution in [3.05, 3.63) is 0 Å². The third-order valence-corrected chi connectivity index (χ3v) is 1.41. The SMILES string of the molecule is COC(=O)C(C)NC(=O)CC(N)=S. The van der Waals surface area contributed by atoms with Gasteiger partial charge in [0.1, 0.15) is 6.04 Å². The molecule has 0 aromatic rings. The van der Waals surface area contributed by atoms with Crippen LogP contribution in [0.4, 0.5) is 0 Å². The van der Waals surface area contributed by atoms with Crippen LogP contribution in [0.25, 0.3) is 0 Å². The van der Waals surface area contributed by atoms with Gasteiger partial charge in [-0.15, -0.1) is 0 Å². The van der Waals surface area contributed by atoms with Crippen molar-refractivity contribution in [1.29, 1.82) is 0 Å². The lowest BCUT2D eigenvalue weighted by atomic mass is 10.3. The number of carbonyl (C=O) groups is 2. The van der Waals surface area contributed by atoms with Gasteiger partial charge in [0.25, 0.3) is 0 Å². The molecule has 0 radical (unpaired) electrons. The van der Waals surface area contributed by atoms with Gasteiger partial charge in [-0.05, 0) is 6.92 Å². The van der Waals surface area contributed by atoms with Crippen molar-refractivity contribution in [2.24, 2.45) is 5.73 Å². The van der Waals surface area contributed by atoms with Gasteiger partial charge in [0.2, 0.25) is 5.91 Å². The van der Waals surface area contributed by atoms with Crippen LogP contribution < -0.4 is 11.1 Å². The highest BCUT2D eigenvalue weighted by Gasteiger charge is 2.15. The molecule has 0 aliphatic heterocycles. The highest BCUT2D eigenvalue weighted by atomic mass is 32.1. The van der Waals surface area contributed by atoms with E-state index in [1.807, 2.05) is 0 Å². The Morgan fingerprint density at radius 1 is 1.62 bits per heavy atom. The summed E-state index contributed by atoms with van der Waals surface area (Å²) in [6.45, 7) is 1.52. The van der Waals surface area contributed by atoms with E-state index in [4.69, 9.17) is 5.73 Å². The van der Waals surface area contributed by atoms with E-state index in [1.165, 1.54) is 14.0 Å². The molecule has 1 amide bonds. The Bertz CT molecular complexity index is 230. The fourth-order valence-electron chi connectivity index (χ4n) is 0.686. The fraction of sp³-hybridized carbons (Fsp3) is 0.571. The molecule has 0 aliphatic carbocycles. The molecule has 3 N–H and O–H groups in total. The van der Waals surface area contributed by atoms with Gasteiger partial charge >= 0.3 is 5.97 Å². The molecule has 6 heteroatoms. The average Bonchev–Trinajstić information content (AvgIpc) is 2.01. The van der Waals surface area contributed by atoms with Gasteiger partial charge in [-0.1, -0.05) is 12.2 Å².